The van der Waals surface area contributed by atoms with Crippen LogP contribution in [0.3, 0.4) is 0 Å². The summed E-state index contributed by atoms with van der Waals surface area (Å²) in [7, 11) is 0. The molecular formula is C9H8FN3O2. The first-order valence-electron chi connectivity index (χ1n) is 4.22. The fourth-order valence-electron chi connectivity index (χ4n) is 1.36. The van der Waals surface area contributed by atoms with Crippen molar-refractivity contribution in [1.29, 1.82) is 0 Å². The molecule has 2 heterocycles. The molecule has 0 saturated heterocycles. The van der Waals surface area contributed by atoms with Crippen LogP contribution in [0.1, 0.15) is 5.69 Å². The maximum Gasteiger partial charge on any atom is 0.410 e. The van der Waals surface area contributed by atoms with Gasteiger partial charge in [-0.1, -0.05) is 0 Å². The van der Waals surface area contributed by atoms with E-state index in [4.69, 9.17) is 5.11 Å². The third kappa shape index (κ3) is 1.61. The first kappa shape index (κ1) is 9.45. The van der Waals surface area contributed by atoms with E-state index in [0.717, 1.165) is 0 Å². The summed E-state index contributed by atoms with van der Waals surface area (Å²) in [6.07, 6.45) is 0.0620. The predicted molar refractivity (Wildman–Crippen MR) is 51.5 cm³/mol. The molecule has 0 aliphatic carbocycles. The second kappa shape index (κ2) is 3.23. The number of hydrogen-bond acceptors (Lipinski definition) is 2. The lowest BCUT2D eigenvalue weighted by Gasteiger charge is -1.97. The Morgan fingerprint density at radius 3 is 3.00 bits per heavy atom. The van der Waals surface area contributed by atoms with E-state index in [2.05, 4.69) is 10.3 Å². The minimum absolute atomic E-state index is 0.216. The van der Waals surface area contributed by atoms with Crippen LogP contribution in [-0.4, -0.2) is 20.6 Å². The van der Waals surface area contributed by atoms with Crippen LogP contribution >= 0.6 is 0 Å². The van der Waals surface area contributed by atoms with Crippen molar-refractivity contribution < 1.29 is 14.3 Å². The molecule has 2 aromatic heterocycles. The molecule has 2 N–H and O–H groups in total. The number of amides is 1. The van der Waals surface area contributed by atoms with E-state index in [0.29, 0.717) is 11.3 Å². The summed E-state index contributed by atoms with van der Waals surface area (Å²) in [5, 5.41) is 10.7. The van der Waals surface area contributed by atoms with Crippen molar-refractivity contribution in [3.63, 3.8) is 0 Å². The molecule has 0 fully saturated rings. The number of anilines is 1. The molecule has 0 spiro atoms. The average Bonchev–Trinajstić information content (AvgIpc) is 2.44. The van der Waals surface area contributed by atoms with E-state index in [-0.39, 0.29) is 5.82 Å². The van der Waals surface area contributed by atoms with Crippen molar-refractivity contribution in [3.8, 4) is 0 Å². The standard InChI is InChI=1S/C9H8FN3O2/c1-5-8(12-9(14)15)11-7-3-2-6(10)4-13(5)7/h2-4,12H,1H3,(H,14,15). The Balaban J connectivity index is 2.59. The Morgan fingerprint density at radius 1 is 1.60 bits per heavy atom. The van der Waals surface area contributed by atoms with E-state index in [1.165, 1.54) is 22.7 Å². The number of pyridine rings is 1. The first-order valence-corrected chi connectivity index (χ1v) is 4.22. The van der Waals surface area contributed by atoms with Crippen molar-refractivity contribution in [1.82, 2.24) is 9.38 Å². The summed E-state index contributed by atoms with van der Waals surface area (Å²) in [5.74, 6) is -0.182. The molecule has 2 aromatic rings. The number of halogens is 1. The maximum absolute atomic E-state index is 12.9. The highest BCUT2D eigenvalue weighted by molar-refractivity contribution is 5.83. The van der Waals surface area contributed by atoms with Crippen molar-refractivity contribution in [2.75, 3.05) is 5.32 Å². The molecule has 0 aliphatic rings. The van der Waals surface area contributed by atoms with E-state index in [9.17, 15) is 9.18 Å². The van der Waals surface area contributed by atoms with Gasteiger partial charge in [-0.2, -0.15) is 0 Å². The number of nitrogens with zero attached hydrogens (tertiary/aromatic N) is 2. The van der Waals surface area contributed by atoms with Crippen molar-refractivity contribution in [2.45, 2.75) is 6.92 Å². The van der Waals surface area contributed by atoms with Crippen LogP contribution in [0.4, 0.5) is 15.0 Å². The van der Waals surface area contributed by atoms with Crippen molar-refractivity contribution >= 4 is 17.6 Å². The number of rotatable bonds is 1. The van der Waals surface area contributed by atoms with Crippen molar-refractivity contribution in [2.24, 2.45) is 0 Å². The molecular weight excluding hydrogens is 201 g/mol. The van der Waals surface area contributed by atoms with Gasteiger partial charge in [-0.25, -0.2) is 14.2 Å². The van der Waals surface area contributed by atoms with Gasteiger partial charge in [0.15, 0.2) is 5.82 Å². The van der Waals surface area contributed by atoms with Gasteiger partial charge < -0.3 is 5.11 Å². The quantitative estimate of drug-likeness (QED) is 0.753. The zero-order chi connectivity index (χ0) is 11.0. The van der Waals surface area contributed by atoms with E-state index in [1.54, 1.807) is 6.92 Å². The summed E-state index contributed by atoms with van der Waals surface area (Å²) in [5.41, 5.74) is 1.05. The highest BCUT2D eigenvalue weighted by atomic mass is 19.1. The number of imidazole rings is 1. The Hall–Kier alpha value is -2.11. The predicted octanol–water partition coefficient (Wildman–Crippen LogP) is 1.87. The van der Waals surface area contributed by atoms with Gasteiger partial charge in [-0.15, -0.1) is 0 Å². The number of carbonyl (C=O) groups is 1. The number of aryl methyl sites for hydroxylation is 1. The smallest absolute Gasteiger partial charge is 0.410 e. The molecule has 0 saturated carbocycles. The van der Waals surface area contributed by atoms with Crippen LogP contribution in [0.5, 0.6) is 0 Å². The van der Waals surface area contributed by atoms with E-state index in [1.807, 2.05) is 0 Å². The normalized spacial score (nSPS) is 10.5. The SMILES string of the molecule is Cc1c(NC(=O)O)nc2ccc(F)cn12. The second-order valence-corrected chi connectivity index (χ2v) is 3.05. The zero-order valence-electron chi connectivity index (χ0n) is 7.86. The number of aromatic nitrogens is 2. The second-order valence-electron chi connectivity index (χ2n) is 3.05. The molecule has 2 rings (SSSR count). The molecule has 0 radical (unpaired) electrons. The average molecular weight is 209 g/mol. The first-order chi connectivity index (χ1) is 7.08. The lowest BCUT2D eigenvalue weighted by molar-refractivity contribution is 0.209. The van der Waals surface area contributed by atoms with Gasteiger partial charge in [-0.05, 0) is 19.1 Å². The molecule has 0 aliphatic heterocycles. The van der Waals surface area contributed by atoms with Crippen LogP contribution in [0.25, 0.3) is 5.65 Å². The molecule has 5 nitrogen and oxygen atoms in total. The van der Waals surface area contributed by atoms with Gasteiger partial charge in [0.1, 0.15) is 11.5 Å². The van der Waals surface area contributed by atoms with Gasteiger partial charge in [0.05, 0.1) is 5.69 Å². The van der Waals surface area contributed by atoms with Crippen LogP contribution in [0.2, 0.25) is 0 Å². The lowest BCUT2D eigenvalue weighted by atomic mass is 10.4. The van der Waals surface area contributed by atoms with Gasteiger partial charge in [0.2, 0.25) is 0 Å². The van der Waals surface area contributed by atoms with E-state index >= 15 is 0 Å². The minimum Gasteiger partial charge on any atom is -0.465 e. The maximum atomic E-state index is 12.9. The number of nitrogens with one attached hydrogen (secondary N) is 1. The Kier molecular flexibility index (Phi) is 2.03. The van der Waals surface area contributed by atoms with Gasteiger partial charge >= 0.3 is 6.09 Å². The van der Waals surface area contributed by atoms with E-state index < -0.39 is 11.9 Å². The fourth-order valence-corrected chi connectivity index (χ4v) is 1.36. The molecule has 78 valence electrons. The third-order valence-electron chi connectivity index (χ3n) is 2.05. The highest BCUT2D eigenvalue weighted by Crippen LogP contribution is 2.16. The Labute approximate surface area is 84.2 Å². The molecule has 0 aromatic carbocycles. The number of fused-ring (bicyclic) bond motifs is 1. The largest absolute Gasteiger partial charge is 0.465 e. The highest BCUT2D eigenvalue weighted by Gasteiger charge is 2.10. The summed E-state index contributed by atoms with van der Waals surface area (Å²) in [6, 6.07) is 2.75. The lowest BCUT2D eigenvalue weighted by Crippen LogP contribution is -2.08. The summed E-state index contributed by atoms with van der Waals surface area (Å²) in [6.45, 7) is 1.66. The van der Waals surface area contributed by atoms with Gasteiger partial charge in [0, 0.05) is 6.20 Å². The molecule has 0 unspecified atom stereocenters. The Morgan fingerprint density at radius 2 is 2.33 bits per heavy atom. The zero-order valence-corrected chi connectivity index (χ0v) is 7.86. The summed E-state index contributed by atoms with van der Waals surface area (Å²) in [4.78, 5) is 14.4. The molecule has 0 bridgehead atoms. The molecule has 6 heteroatoms. The Bertz CT molecular complexity index is 535. The third-order valence-corrected chi connectivity index (χ3v) is 2.05. The monoisotopic (exact) mass is 209 g/mol. The van der Waals surface area contributed by atoms with Gasteiger partial charge in [0.25, 0.3) is 0 Å². The van der Waals surface area contributed by atoms with Crippen LogP contribution in [0.15, 0.2) is 18.3 Å². The topological polar surface area (TPSA) is 66.6 Å². The fraction of sp³-hybridized carbons (Fsp3) is 0.111. The summed E-state index contributed by atoms with van der Waals surface area (Å²) >= 11 is 0. The van der Waals surface area contributed by atoms with Crippen LogP contribution in [0, 0.1) is 12.7 Å². The minimum atomic E-state index is -1.19. The molecule has 1 amide bonds. The number of hydrogen-bond donors (Lipinski definition) is 2. The summed E-state index contributed by atoms with van der Waals surface area (Å²) < 4.78 is 14.4. The van der Waals surface area contributed by atoms with Crippen LogP contribution < -0.4 is 5.32 Å². The van der Waals surface area contributed by atoms with Crippen LogP contribution in [-0.2, 0) is 0 Å². The van der Waals surface area contributed by atoms with Crippen molar-refractivity contribution in [3.05, 3.63) is 29.8 Å². The number of carboxylic acid groups (broad SMARTS) is 1. The molecule has 0 atom stereocenters. The molecule has 15 heavy (non-hydrogen) atoms. The van der Waals surface area contributed by atoms with Gasteiger partial charge in [-0.3, -0.25) is 9.72 Å².